The Balaban J connectivity index is 1.97. The summed E-state index contributed by atoms with van der Waals surface area (Å²) < 4.78 is 81.5. The molecule has 2 aromatic carbocycles. The normalized spacial score (nSPS) is 16.1. The van der Waals surface area contributed by atoms with Gasteiger partial charge in [0.05, 0.1) is 10.6 Å². The second-order valence-electron chi connectivity index (χ2n) is 6.62. The molecule has 0 bridgehead atoms. The Labute approximate surface area is 163 Å². The van der Waals surface area contributed by atoms with Gasteiger partial charge in [-0.25, -0.2) is 25.6 Å². The first-order chi connectivity index (χ1) is 13.1. The van der Waals surface area contributed by atoms with Crippen molar-refractivity contribution in [3.63, 3.8) is 0 Å². The Morgan fingerprint density at radius 1 is 0.929 bits per heavy atom. The van der Waals surface area contributed by atoms with E-state index in [2.05, 4.69) is 4.72 Å². The van der Waals surface area contributed by atoms with Crippen LogP contribution in [-0.4, -0.2) is 34.2 Å². The average Bonchev–Trinajstić information content (AvgIpc) is 2.66. The van der Waals surface area contributed by atoms with Crippen LogP contribution >= 0.6 is 0 Å². The predicted molar refractivity (Wildman–Crippen MR) is 101 cm³/mol. The second kappa shape index (κ2) is 7.76. The molecule has 1 aliphatic rings. The zero-order chi connectivity index (χ0) is 20.5. The maximum absolute atomic E-state index is 13.9. The highest BCUT2D eigenvalue weighted by molar-refractivity contribution is 7.92. The summed E-state index contributed by atoms with van der Waals surface area (Å²) in [5.41, 5.74) is 0.430. The summed E-state index contributed by atoms with van der Waals surface area (Å²) in [5, 5.41) is 0. The van der Waals surface area contributed by atoms with Crippen LogP contribution in [0.25, 0.3) is 0 Å². The Morgan fingerprint density at radius 3 is 2.29 bits per heavy atom. The lowest BCUT2D eigenvalue weighted by Gasteiger charge is -2.26. The number of rotatable bonds is 5. The minimum Gasteiger partial charge on any atom is -0.279 e. The van der Waals surface area contributed by atoms with Crippen molar-refractivity contribution < 1.29 is 25.6 Å². The van der Waals surface area contributed by atoms with Crippen LogP contribution < -0.4 is 4.72 Å². The van der Waals surface area contributed by atoms with Gasteiger partial charge in [-0.2, -0.15) is 4.31 Å². The van der Waals surface area contributed by atoms with Crippen LogP contribution in [0, 0.1) is 18.6 Å². The second-order valence-corrected chi connectivity index (χ2v) is 10.2. The third-order valence-electron chi connectivity index (χ3n) is 4.59. The minimum absolute atomic E-state index is 0.0123. The Kier molecular flexibility index (Phi) is 5.74. The maximum atomic E-state index is 13.9. The fourth-order valence-electron chi connectivity index (χ4n) is 3.01. The van der Waals surface area contributed by atoms with Crippen molar-refractivity contribution in [3.8, 4) is 0 Å². The van der Waals surface area contributed by atoms with E-state index in [0.29, 0.717) is 30.8 Å². The topological polar surface area (TPSA) is 83.6 Å². The van der Waals surface area contributed by atoms with Crippen molar-refractivity contribution in [1.29, 1.82) is 0 Å². The standard InChI is InChI=1S/C18H20F2N2O4S2/c1-13-5-7-15(28(25,26)22-9-3-2-4-10-22)12-17(13)21-27(23,24)18-11-14(19)6-8-16(18)20/h5-8,11-12,21H,2-4,9-10H2,1H3. The molecule has 3 rings (SSSR count). The zero-order valence-electron chi connectivity index (χ0n) is 15.2. The molecule has 1 N–H and O–H groups in total. The van der Waals surface area contributed by atoms with Crippen LogP contribution in [0.2, 0.25) is 0 Å². The predicted octanol–water partition coefficient (Wildman–Crippen LogP) is 3.25. The van der Waals surface area contributed by atoms with Crippen LogP contribution in [0.4, 0.5) is 14.5 Å². The quantitative estimate of drug-likeness (QED) is 0.789. The van der Waals surface area contributed by atoms with E-state index < -0.39 is 36.6 Å². The molecule has 1 aliphatic heterocycles. The van der Waals surface area contributed by atoms with Crippen molar-refractivity contribution in [2.45, 2.75) is 36.0 Å². The van der Waals surface area contributed by atoms with E-state index in [1.165, 1.54) is 22.5 Å². The number of halogens is 2. The minimum atomic E-state index is -4.45. The number of nitrogens with zero attached hydrogens (tertiary/aromatic N) is 1. The molecule has 10 heteroatoms. The summed E-state index contributed by atoms with van der Waals surface area (Å²) in [6, 6.07) is 6.17. The SMILES string of the molecule is Cc1ccc(S(=O)(=O)N2CCCCC2)cc1NS(=O)(=O)c1cc(F)ccc1F. The molecule has 0 spiro atoms. The summed E-state index contributed by atoms with van der Waals surface area (Å²) in [5.74, 6) is -2.01. The zero-order valence-corrected chi connectivity index (χ0v) is 16.8. The molecule has 152 valence electrons. The first-order valence-electron chi connectivity index (χ1n) is 8.70. The molecule has 0 radical (unpaired) electrons. The van der Waals surface area contributed by atoms with E-state index >= 15 is 0 Å². The third-order valence-corrected chi connectivity index (χ3v) is 7.86. The highest BCUT2D eigenvalue weighted by Gasteiger charge is 2.27. The smallest absolute Gasteiger partial charge is 0.264 e. The molecule has 6 nitrogen and oxygen atoms in total. The number of hydrogen-bond donors (Lipinski definition) is 1. The molecule has 28 heavy (non-hydrogen) atoms. The van der Waals surface area contributed by atoms with Gasteiger partial charge in [-0.15, -0.1) is 0 Å². The van der Waals surface area contributed by atoms with Crippen LogP contribution in [0.1, 0.15) is 24.8 Å². The highest BCUT2D eigenvalue weighted by atomic mass is 32.2. The largest absolute Gasteiger partial charge is 0.279 e. The van der Waals surface area contributed by atoms with Gasteiger partial charge in [-0.05, 0) is 55.7 Å². The molecule has 0 aromatic heterocycles. The van der Waals surface area contributed by atoms with Crippen LogP contribution in [0.15, 0.2) is 46.2 Å². The molecule has 0 saturated carbocycles. The molecule has 0 atom stereocenters. The van der Waals surface area contributed by atoms with E-state index in [4.69, 9.17) is 0 Å². The summed E-state index contributed by atoms with van der Waals surface area (Å²) in [7, 11) is -8.22. The number of nitrogens with one attached hydrogen (secondary N) is 1. The fourth-order valence-corrected chi connectivity index (χ4v) is 5.76. The van der Waals surface area contributed by atoms with Crippen LogP contribution in [-0.2, 0) is 20.0 Å². The van der Waals surface area contributed by atoms with Gasteiger partial charge in [0.25, 0.3) is 10.0 Å². The first kappa shape index (κ1) is 20.7. The Hall–Kier alpha value is -2.04. The van der Waals surface area contributed by atoms with E-state index in [1.54, 1.807) is 6.92 Å². The molecule has 1 fully saturated rings. The molecule has 0 aliphatic carbocycles. The van der Waals surface area contributed by atoms with E-state index in [1.807, 2.05) is 0 Å². The van der Waals surface area contributed by atoms with Crippen LogP contribution in [0.5, 0.6) is 0 Å². The number of sulfonamides is 2. The van der Waals surface area contributed by atoms with Crippen LogP contribution in [0.3, 0.4) is 0 Å². The van der Waals surface area contributed by atoms with E-state index in [9.17, 15) is 25.6 Å². The Bertz CT molecular complexity index is 1100. The number of benzene rings is 2. The summed E-state index contributed by atoms with van der Waals surface area (Å²) in [6.07, 6.45) is 2.50. The maximum Gasteiger partial charge on any atom is 0.264 e. The number of anilines is 1. The van der Waals surface area contributed by atoms with Crippen molar-refractivity contribution in [2.75, 3.05) is 17.8 Å². The highest BCUT2D eigenvalue weighted by Crippen LogP contribution is 2.27. The Morgan fingerprint density at radius 2 is 1.61 bits per heavy atom. The van der Waals surface area contributed by atoms with Crippen molar-refractivity contribution >= 4 is 25.7 Å². The average molecular weight is 430 g/mol. The molecule has 0 amide bonds. The first-order valence-corrected chi connectivity index (χ1v) is 11.6. The number of hydrogen-bond acceptors (Lipinski definition) is 4. The molecule has 0 unspecified atom stereocenters. The molecule has 2 aromatic rings. The van der Waals surface area contributed by atoms with E-state index in [-0.39, 0.29) is 10.6 Å². The monoisotopic (exact) mass is 430 g/mol. The van der Waals surface area contributed by atoms with Gasteiger partial charge >= 0.3 is 0 Å². The molecular weight excluding hydrogens is 410 g/mol. The van der Waals surface area contributed by atoms with Gasteiger partial charge in [0.1, 0.15) is 16.5 Å². The van der Waals surface area contributed by atoms with Crippen molar-refractivity contribution in [3.05, 3.63) is 53.6 Å². The van der Waals surface area contributed by atoms with Gasteiger partial charge in [-0.1, -0.05) is 12.5 Å². The summed E-state index contributed by atoms with van der Waals surface area (Å²) in [4.78, 5) is -0.909. The molecular formula is C18H20F2N2O4S2. The lowest BCUT2D eigenvalue weighted by atomic mass is 10.2. The number of piperidine rings is 1. The van der Waals surface area contributed by atoms with Crippen molar-refractivity contribution in [1.82, 2.24) is 4.31 Å². The lowest BCUT2D eigenvalue weighted by molar-refractivity contribution is 0.346. The van der Waals surface area contributed by atoms with Gasteiger partial charge < -0.3 is 0 Å². The van der Waals surface area contributed by atoms with Crippen molar-refractivity contribution in [2.24, 2.45) is 0 Å². The fraction of sp³-hybridized carbons (Fsp3) is 0.333. The van der Waals surface area contributed by atoms with Gasteiger partial charge in [0, 0.05) is 13.1 Å². The summed E-state index contributed by atoms with van der Waals surface area (Å²) >= 11 is 0. The lowest BCUT2D eigenvalue weighted by Crippen LogP contribution is -2.35. The number of aryl methyl sites for hydroxylation is 1. The molecule has 1 heterocycles. The van der Waals surface area contributed by atoms with E-state index in [0.717, 1.165) is 25.3 Å². The van der Waals surface area contributed by atoms with Gasteiger partial charge in [0.2, 0.25) is 10.0 Å². The van der Waals surface area contributed by atoms with Gasteiger partial charge in [-0.3, -0.25) is 4.72 Å². The van der Waals surface area contributed by atoms with Gasteiger partial charge in [0.15, 0.2) is 0 Å². The summed E-state index contributed by atoms with van der Waals surface area (Å²) in [6.45, 7) is 2.40. The molecule has 1 saturated heterocycles. The third kappa shape index (κ3) is 4.18.